The average molecular weight is 286 g/mol. The van der Waals surface area contributed by atoms with Crippen LogP contribution in [0.25, 0.3) is 0 Å². The first-order valence-electron chi connectivity index (χ1n) is 7.09. The summed E-state index contributed by atoms with van der Waals surface area (Å²) in [6.45, 7) is 7.40. The van der Waals surface area contributed by atoms with Gasteiger partial charge < -0.3 is 15.7 Å². The van der Waals surface area contributed by atoms with E-state index in [0.29, 0.717) is 12.8 Å². The zero-order valence-electron chi connectivity index (χ0n) is 12.7. The van der Waals surface area contributed by atoms with Gasteiger partial charge in [0.05, 0.1) is 0 Å². The minimum absolute atomic E-state index is 0.0816. The van der Waals surface area contributed by atoms with E-state index in [1.807, 2.05) is 20.8 Å². The van der Waals surface area contributed by atoms with Crippen LogP contribution in [-0.4, -0.2) is 35.0 Å². The number of hydrogen-bond donors (Lipinski definition) is 3. The van der Waals surface area contributed by atoms with Crippen molar-refractivity contribution < 1.29 is 19.5 Å². The number of carboxylic acid groups (broad SMARTS) is 1. The highest BCUT2D eigenvalue weighted by atomic mass is 16.4. The van der Waals surface area contributed by atoms with Crippen LogP contribution in [0.15, 0.2) is 0 Å². The van der Waals surface area contributed by atoms with Gasteiger partial charge in [-0.1, -0.05) is 20.3 Å². The number of rotatable bonds is 9. The first-order chi connectivity index (χ1) is 9.27. The second-order valence-corrected chi connectivity index (χ2v) is 5.34. The SMILES string of the molecule is CCC(C)C(NC(=O)CCCC(=O)NC(C)C)C(=O)O. The molecule has 0 saturated heterocycles. The molecule has 116 valence electrons. The van der Waals surface area contributed by atoms with Crippen molar-refractivity contribution in [3.05, 3.63) is 0 Å². The van der Waals surface area contributed by atoms with Gasteiger partial charge in [-0.2, -0.15) is 0 Å². The molecule has 2 unspecified atom stereocenters. The third-order valence-electron chi connectivity index (χ3n) is 3.05. The van der Waals surface area contributed by atoms with Gasteiger partial charge in [-0.3, -0.25) is 9.59 Å². The van der Waals surface area contributed by atoms with Crippen molar-refractivity contribution >= 4 is 17.8 Å². The molecule has 0 spiro atoms. The van der Waals surface area contributed by atoms with E-state index in [2.05, 4.69) is 10.6 Å². The van der Waals surface area contributed by atoms with Crippen LogP contribution in [0, 0.1) is 5.92 Å². The Morgan fingerprint density at radius 1 is 1.00 bits per heavy atom. The minimum atomic E-state index is -1.02. The predicted molar refractivity (Wildman–Crippen MR) is 76.2 cm³/mol. The fraction of sp³-hybridized carbons (Fsp3) is 0.786. The van der Waals surface area contributed by atoms with Gasteiger partial charge in [0.15, 0.2) is 0 Å². The summed E-state index contributed by atoms with van der Waals surface area (Å²) in [5.41, 5.74) is 0. The minimum Gasteiger partial charge on any atom is -0.480 e. The molecule has 6 nitrogen and oxygen atoms in total. The summed E-state index contributed by atoms with van der Waals surface area (Å²) in [4.78, 5) is 34.1. The highest BCUT2D eigenvalue weighted by molar-refractivity contribution is 5.84. The quantitative estimate of drug-likeness (QED) is 0.595. The summed E-state index contributed by atoms with van der Waals surface area (Å²) in [7, 11) is 0. The van der Waals surface area contributed by atoms with E-state index in [4.69, 9.17) is 5.11 Å². The van der Waals surface area contributed by atoms with Crippen molar-refractivity contribution in [2.75, 3.05) is 0 Å². The van der Waals surface area contributed by atoms with Gasteiger partial charge in [-0.15, -0.1) is 0 Å². The lowest BCUT2D eigenvalue weighted by atomic mass is 9.99. The highest BCUT2D eigenvalue weighted by Gasteiger charge is 2.24. The largest absolute Gasteiger partial charge is 0.480 e. The fourth-order valence-electron chi connectivity index (χ4n) is 1.73. The van der Waals surface area contributed by atoms with Gasteiger partial charge in [0.2, 0.25) is 11.8 Å². The number of carbonyl (C=O) groups excluding carboxylic acids is 2. The van der Waals surface area contributed by atoms with E-state index in [0.717, 1.165) is 0 Å². The molecule has 0 aliphatic carbocycles. The van der Waals surface area contributed by atoms with Crippen molar-refractivity contribution in [2.45, 2.75) is 65.5 Å². The van der Waals surface area contributed by atoms with E-state index < -0.39 is 12.0 Å². The van der Waals surface area contributed by atoms with Crippen LogP contribution in [-0.2, 0) is 14.4 Å². The van der Waals surface area contributed by atoms with Gasteiger partial charge in [0, 0.05) is 18.9 Å². The molecule has 0 aliphatic heterocycles. The Kier molecular flexibility index (Phi) is 8.59. The molecule has 0 aromatic carbocycles. The van der Waals surface area contributed by atoms with Crippen LogP contribution in [0.5, 0.6) is 0 Å². The van der Waals surface area contributed by atoms with E-state index >= 15 is 0 Å². The third kappa shape index (κ3) is 7.76. The summed E-state index contributed by atoms with van der Waals surface area (Å²) in [5, 5.41) is 14.3. The number of carboxylic acids is 1. The van der Waals surface area contributed by atoms with Crippen molar-refractivity contribution in [2.24, 2.45) is 5.92 Å². The Morgan fingerprint density at radius 2 is 1.50 bits per heavy atom. The van der Waals surface area contributed by atoms with Gasteiger partial charge in [-0.25, -0.2) is 4.79 Å². The number of carbonyl (C=O) groups is 3. The second-order valence-electron chi connectivity index (χ2n) is 5.34. The van der Waals surface area contributed by atoms with Crippen LogP contribution in [0.4, 0.5) is 0 Å². The lowest BCUT2D eigenvalue weighted by Crippen LogP contribution is -2.45. The second kappa shape index (κ2) is 9.34. The van der Waals surface area contributed by atoms with Crippen LogP contribution in [0.2, 0.25) is 0 Å². The van der Waals surface area contributed by atoms with Gasteiger partial charge >= 0.3 is 5.97 Å². The Labute approximate surface area is 120 Å². The molecule has 0 aliphatic rings. The van der Waals surface area contributed by atoms with Crippen LogP contribution in [0.3, 0.4) is 0 Å². The first-order valence-corrected chi connectivity index (χ1v) is 7.09. The molecule has 2 atom stereocenters. The van der Waals surface area contributed by atoms with Crippen molar-refractivity contribution in [1.82, 2.24) is 10.6 Å². The number of aliphatic carboxylic acids is 1. The zero-order valence-corrected chi connectivity index (χ0v) is 12.7. The fourth-order valence-corrected chi connectivity index (χ4v) is 1.73. The molecular weight excluding hydrogens is 260 g/mol. The molecule has 0 radical (unpaired) electrons. The van der Waals surface area contributed by atoms with E-state index in [-0.39, 0.29) is 36.6 Å². The van der Waals surface area contributed by atoms with E-state index in [1.54, 1.807) is 6.92 Å². The van der Waals surface area contributed by atoms with Crippen LogP contribution in [0.1, 0.15) is 53.4 Å². The van der Waals surface area contributed by atoms with E-state index in [9.17, 15) is 14.4 Å². The molecular formula is C14H26N2O4. The zero-order chi connectivity index (χ0) is 15.7. The van der Waals surface area contributed by atoms with E-state index in [1.165, 1.54) is 0 Å². The van der Waals surface area contributed by atoms with Crippen LogP contribution >= 0.6 is 0 Å². The van der Waals surface area contributed by atoms with Gasteiger partial charge in [0.1, 0.15) is 6.04 Å². The normalized spacial score (nSPS) is 13.7. The third-order valence-corrected chi connectivity index (χ3v) is 3.05. The van der Waals surface area contributed by atoms with Gasteiger partial charge in [-0.05, 0) is 26.2 Å². The first kappa shape index (κ1) is 18.4. The summed E-state index contributed by atoms with van der Waals surface area (Å²) >= 11 is 0. The van der Waals surface area contributed by atoms with Crippen molar-refractivity contribution in [1.29, 1.82) is 0 Å². The summed E-state index contributed by atoms with van der Waals surface area (Å²) < 4.78 is 0. The molecule has 20 heavy (non-hydrogen) atoms. The molecule has 0 rings (SSSR count). The average Bonchev–Trinajstić information content (AvgIpc) is 2.33. The topological polar surface area (TPSA) is 95.5 Å². The molecule has 0 saturated carbocycles. The molecule has 2 amide bonds. The lowest BCUT2D eigenvalue weighted by molar-refractivity contribution is -0.143. The lowest BCUT2D eigenvalue weighted by Gasteiger charge is -2.20. The molecule has 0 aromatic rings. The molecule has 3 N–H and O–H groups in total. The summed E-state index contributed by atoms with van der Waals surface area (Å²) in [5.74, 6) is -1.56. The number of hydrogen-bond acceptors (Lipinski definition) is 3. The predicted octanol–water partition coefficient (Wildman–Crippen LogP) is 1.30. The molecule has 0 aromatic heterocycles. The Balaban J connectivity index is 4.09. The van der Waals surface area contributed by atoms with Gasteiger partial charge in [0.25, 0.3) is 0 Å². The van der Waals surface area contributed by atoms with Crippen LogP contribution < -0.4 is 10.6 Å². The molecule has 0 fully saturated rings. The standard InChI is InChI=1S/C14H26N2O4/c1-5-10(4)13(14(19)20)16-12(18)8-6-7-11(17)15-9(2)3/h9-10,13H,5-8H2,1-4H3,(H,15,17)(H,16,18)(H,19,20). The highest BCUT2D eigenvalue weighted by Crippen LogP contribution is 2.08. The van der Waals surface area contributed by atoms with Crippen molar-refractivity contribution in [3.8, 4) is 0 Å². The Morgan fingerprint density at radius 3 is 1.90 bits per heavy atom. The Hall–Kier alpha value is -1.59. The summed E-state index contributed by atoms with van der Waals surface area (Å²) in [6, 6.07) is -0.782. The Bertz CT molecular complexity index is 342. The maximum atomic E-state index is 11.7. The monoisotopic (exact) mass is 286 g/mol. The van der Waals surface area contributed by atoms with Crippen molar-refractivity contribution in [3.63, 3.8) is 0 Å². The summed E-state index contributed by atoms with van der Waals surface area (Å²) in [6.07, 6.45) is 1.52. The molecule has 0 heterocycles. The number of nitrogens with one attached hydrogen (secondary N) is 2. The smallest absolute Gasteiger partial charge is 0.326 e. The molecule has 6 heteroatoms. The number of amides is 2. The maximum absolute atomic E-state index is 11.7. The maximum Gasteiger partial charge on any atom is 0.326 e. The molecule has 0 bridgehead atoms.